The van der Waals surface area contributed by atoms with E-state index in [1.54, 1.807) is 0 Å². The van der Waals surface area contributed by atoms with E-state index in [0.717, 1.165) is 4.57 Å². The monoisotopic (exact) mass is 421 g/mol. The number of fused-ring (bicyclic) bond motifs is 1. The van der Waals surface area contributed by atoms with Crippen molar-refractivity contribution in [2.24, 2.45) is 5.73 Å². The number of aromatic nitrogens is 3. The van der Waals surface area contributed by atoms with Crippen LogP contribution in [0.15, 0.2) is 12.1 Å². The summed E-state index contributed by atoms with van der Waals surface area (Å²) in [5, 5.41) is 6.71. The van der Waals surface area contributed by atoms with Gasteiger partial charge in [0.05, 0.1) is 0 Å². The van der Waals surface area contributed by atoms with Crippen molar-refractivity contribution in [3.8, 4) is 0 Å². The van der Waals surface area contributed by atoms with Crippen LogP contribution in [-0.4, -0.2) is 44.7 Å². The molecule has 158 valence electrons. The fourth-order valence-electron chi connectivity index (χ4n) is 3.21. The van der Waals surface area contributed by atoms with Crippen LogP contribution in [0.3, 0.4) is 0 Å². The molecule has 0 saturated carbocycles. The fourth-order valence-corrected chi connectivity index (χ4v) is 3.21. The molecule has 0 unspecified atom stereocenters. The average molecular weight is 421 g/mol. The minimum absolute atomic E-state index is 0.000783. The highest BCUT2D eigenvalue weighted by atomic mass is 19.4. The Hall–Kier alpha value is -2.63. The van der Waals surface area contributed by atoms with E-state index in [-0.39, 0.29) is 50.3 Å². The zero-order valence-electron chi connectivity index (χ0n) is 15.0. The van der Waals surface area contributed by atoms with Gasteiger partial charge in [0.2, 0.25) is 11.7 Å². The van der Waals surface area contributed by atoms with Crippen LogP contribution in [0.25, 0.3) is 0 Å². The fraction of sp³-hybridized carbons (Fsp3) is 0.471. The molecule has 0 fully saturated rings. The molecule has 0 aliphatic carbocycles. The molecule has 0 bridgehead atoms. The zero-order valence-corrected chi connectivity index (χ0v) is 15.0. The lowest BCUT2D eigenvalue weighted by atomic mass is 10.0. The molecule has 1 aliphatic heterocycles. The van der Waals surface area contributed by atoms with Crippen LogP contribution >= 0.6 is 0 Å². The van der Waals surface area contributed by atoms with Crippen molar-refractivity contribution in [1.29, 1.82) is 0 Å². The Kier molecular flexibility index (Phi) is 5.82. The maximum atomic E-state index is 13.7. The summed E-state index contributed by atoms with van der Waals surface area (Å²) in [7, 11) is 0. The minimum atomic E-state index is -4.65. The number of amides is 1. The minimum Gasteiger partial charge on any atom is -0.340 e. The smallest absolute Gasteiger partial charge is 0.340 e. The summed E-state index contributed by atoms with van der Waals surface area (Å²) < 4.78 is 79.8. The predicted octanol–water partition coefficient (Wildman–Crippen LogP) is 2.06. The second-order valence-corrected chi connectivity index (χ2v) is 6.75. The van der Waals surface area contributed by atoms with Crippen molar-refractivity contribution >= 4 is 5.91 Å². The normalized spacial score (nSPS) is 15.8. The summed E-state index contributed by atoms with van der Waals surface area (Å²) in [5.74, 6) is -4.96. The first-order valence-corrected chi connectivity index (χ1v) is 8.72. The van der Waals surface area contributed by atoms with E-state index in [1.807, 2.05) is 0 Å². The predicted molar refractivity (Wildman–Crippen MR) is 87.9 cm³/mol. The zero-order chi connectivity index (χ0) is 21.3. The Bertz CT molecular complexity index is 912. The molecule has 1 aromatic heterocycles. The molecule has 2 heterocycles. The molecular weight excluding hydrogens is 404 g/mol. The summed E-state index contributed by atoms with van der Waals surface area (Å²) in [6, 6.07) is 0.211. The first kappa shape index (κ1) is 21.1. The number of halogens is 6. The van der Waals surface area contributed by atoms with Crippen molar-refractivity contribution in [2.45, 2.75) is 38.0 Å². The summed E-state index contributed by atoms with van der Waals surface area (Å²) in [4.78, 5) is 13.8. The van der Waals surface area contributed by atoms with E-state index in [2.05, 4.69) is 10.2 Å². The van der Waals surface area contributed by atoms with E-state index in [1.165, 1.54) is 4.90 Å². The Morgan fingerprint density at radius 1 is 1.07 bits per heavy atom. The Balaban J connectivity index is 1.61. The van der Waals surface area contributed by atoms with E-state index < -0.39 is 41.4 Å². The van der Waals surface area contributed by atoms with Crippen LogP contribution in [0.2, 0.25) is 0 Å². The van der Waals surface area contributed by atoms with Gasteiger partial charge in [-0.1, -0.05) is 0 Å². The lowest BCUT2D eigenvalue weighted by Gasteiger charge is -2.22. The summed E-state index contributed by atoms with van der Waals surface area (Å²) in [5.41, 5.74) is 5.68. The number of rotatable bonds is 4. The van der Waals surface area contributed by atoms with Gasteiger partial charge in [-0.15, -0.1) is 10.2 Å². The first-order chi connectivity index (χ1) is 13.6. The molecule has 0 saturated heterocycles. The summed E-state index contributed by atoms with van der Waals surface area (Å²) in [6.07, 6.45) is -5.00. The van der Waals surface area contributed by atoms with E-state index in [0.29, 0.717) is 12.1 Å². The topological polar surface area (TPSA) is 77.0 Å². The maximum absolute atomic E-state index is 13.7. The highest BCUT2D eigenvalue weighted by molar-refractivity contribution is 5.76. The van der Waals surface area contributed by atoms with Gasteiger partial charge in [-0.05, 0) is 18.1 Å². The number of nitrogens with zero attached hydrogens (tertiary/aromatic N) is 4. The van der Waals surface area contributed by atoms with Gasteiger partial charge in [0.1, 0.15) is 11.6 Å². The number of carbonyl (C=O) groups is 1. The average Bonchev–Trinajstić information content (AvgIpc) is 2.92. The molecule has 0 spiro atoms. The van der Waals surface area contributed by atoms with Gasteiger partial charge >= 0.3 is 6.18 Å². The molecule has 29 heavy (non-hydrogen) atoms. The first-order valence-electron chi connectivity index (χ1n) is 8.72. The van der Waals surface area contributed by atoms with Gasteiger partial charge in [0, 0.05) is 44.6 Å². The SMILES string of the molecule is N[C@@H](CC(=O)N1CCc2nnc(C(F)(F)F)n2CC1)Cc1cc(F)c(F)cc1F. The molecule has 6 nitrogen and oxygen atoms in total. The lowest BCUT2D eigenvalue weighted by Crippen LogP contribution is -2.38. The van der Waals surface area contributed by atoms with Gasteiger partial charge in [-0.25, -0.2) is 13.2 Å². The van der Waals surface area contributed by atoms with Crippen molar-refractivity contribution in [2.75, 3.05) is 13.1 Å². The van der Waals surface area contributed by atoms with Crippen LogP contribution in [0.5, 0.6) is 0 Å². The molecule has 2 N–H and O–H groups in total. The van der Waals surface area contributed by atoms with E-state index in [9.17, 15) is 31.1 Å². The molecule has 1 aromatic carbocycles. The van der Waals surface area contributed by atoms with Crippen LogP contribution in [0.1, 0.15) is 23.6 Å². The molecule has 2 aromatic rings. The van der Waals surface area contributed by atoms with Crippen molar-refractivity contribution in [3.63, 3.8) is 0 Å². The maximum Gasteiger partial charge on any atom is 0.451 e. The third kappa shape index (κ3) is 4.69. The third-order valence-electron chi connectivity index (χ3n) is 4.64. The second-order valence-electron chi connectivity index (χ2n) is 6.75. The number of alkyl halides is 3. The largest absolute Gasteiger partial charge is 0.451 e. The second kappa shape index (κ2) is 8.01. The summed E-state index contributed by atoms with van der Waals surface area (Å²) in [6.45, 7) is -0.00372. The van der Waals surface area contributed by atoms with Gasteiger partial charge in [0.25, 0.3) is 0 Å². The molecule has 3 rings (SSSR count). The molecule has 0 radical (unpaired) electrons. The van der Waals surface area contributed by atoms with Crippen LogP contribution in [-0.2, 0) is 30.4 Å². The molecule has 12 heteroatoms. The third-order valence-corrected chi connectivity index (χ3v) is 4.64. The Morgan fingerprint density at radius 2 is 1.76 bits per heavy atom. The van der Waals surface area contributed by atoms with Gasteiger partial charge in [-0.2, -0.15) is 13.2 Å². The highest BCUT2D eigenvalue weighted by Gasteiger charge is 2.39. The number of hydrogen-bond acceptors (Lipinski definition) is 4. The Labute approximate surface area is 161 Å². The van der Waals surface area contributed by atoms with E-state index >= 15 is 0 Å². The van der Waals surface area contributed by atoms with Crippen molar-refractivity contribution < 1.29 is 31.1 Å². The number of benzene rings is 1. The van der Waals surface area contributed by atoms with Crippen LogP contribution in [0.4, 0.5) is 26.3 Å². The number of nitrogens with two attached hydrogens (primary N) is 1. The van der Waals surface area contributed by atoms with Gasteiger partial charge in [-0.3, -0.25) is 4.79 Å². The van der Waals surface area contributed by atoms with Crippen molar-refractivity contribution in [1.82, 2.24) is 19.7 Å². The van der Waals surface area contributed by atoms with Gasteiger partial charge in [0.15, 0.2) is 11.6 Å². The lowest BCUT2D eigenvalue weighted by molar-refractivity contribution is -0.147. The van der Waals surface area contributed by atoms with Crippen LogP contribution < -0.4 is 5.73 Å². The molecule has 1 atom stereocenters. The van der Waals surface area contributed by atoms with E-state index in [4.69, 9.17) is 5.73 Å². The summed E-state index contributed by atoms with van der Waals surface area (Å²) >= 11 is 0. The highest BCUT2D eigenvalue weighted by Crippen LogP contribution is 2.29. The van der Waals surface area contributed by atoms with Gasteiger partial charge < -0.3 is 15.2 Å². The quantitative estimate of drug-likeness (QED) is 0.606. The standard InChI is InChI=1S/C17H17F6N5O/c18-11-8-13(20)12(19)6-9(11)5-10(24)7-15(29)27-2-1-14-25-26-16(17(21,22)23)28(14)4-3-27/h6,8,10H,1-5,7,24H2/t10-/m1/s1. The number of carbonyl (C=O) groups excluding carboxylic acids is 1. The molecule has 1 aliphatic rings. The van der Waals surface area contributed by atoms with Crippen molar-refractivity contribution in [3.05, 3.63) is 46.8 Å². The Morgan fingerprint density at radius 3 is 2.45 bits per heavy atom. The number of hydrogen-bond donors (Lipinski definition) is 1. The molecule has 1 amide bonds. The molecular formula is C17H17F6N5O. The van der Waals surface area contributed by atoms with Crippen LogP contribution in [0, 0.1) is 17.5 Å².